The lowest BCUT2D eigenvalue weighted by molar-refractivity contribution is 0.461. The van der Waals surface area contributed by atoms with Crippen molar-refractivity contribution in [3.8, 4) is 0 Å². The molecule has 1 saturated carbocycles. The van der Waals surface area contributed by atoms with Crippen molar-refractivity contribution < 1.29 is 0 Å². The van der Waals surface area contributed by atoms with Gasteiger partial charge in [-0.25, -0.2) is 4.98 Å². The van der Waals surface area contributed by atoms with Crippen molar-refractivity contribution in [3.63, 3.8) is 0 Å². The average molecular weight is 361 g/mol. The van der Waals surface area contributed by atoms with Gasteiger partial charge in [-0.1, -0.05) is 31.4 Å². The molecular formula is C17H21BrN4. The molecule has 0 spiro atoms. The third-order valence-electron chi connectivity index (χ3n) is 3.93. The van der Waals surface area contributed by atoms with E-state index in [-0.39, 0.29) is 0 Å². The summed E-state index contributed by atoms with van der Waals surface area (Å²) in [6.45, 7) is 2.00. The number of rotatable bonds is 4. The van der Waals surface area contributed by atoms with Crippen LogP contribution in [0.1, 0.15) is 37.8 Å². The van der Waals surface area contributed by atoms with Gasteiger partial charge in [-0.15, -0.1) is 0 Å². The van der Waals surface area contributed by atoms with Crippen LogP contribution in [0.4, 0.5) is 17.5 Å². The lowest BCUT2D eigenvalue weighted by atomic mass is 9.96. The van der Waals surface area contributed by atoms with E-state index in [0.717, 1.165) is 27.6 Å². The Hall–Kier alpha value is -1.62. The number of aromatic nitrogens is 2. The third kappa shape index (κ3) is 3.97. The predicted molar refractivity (Wildman–Crippen MR) is 94.7 cm³/mol. The Bertz CT molecular complexity index is 638. The van der Waals surface area contributed by atoms with Crippen molar-refractivity contribution in [2.75, 3.05) is 10.6 Å². The van der Waals surface area contributed by atoms with Crippen LogP contribution < -0.4 is 10.6 Å². The first-order valence-corrected chi connectivity index (χ1v) is 8.64. The van der Waals surface area contributed by atoms with E-state index in [1.165, 1.54) is 32.1 Å². The summed E-state index contributed by atoms with van der Waals surface area (Å²) < 4.78 is 1.02. The first-order chi connectivity index (χ1) is 10.7. The fourth-order valence-corrected chi connectivity index (χ4v) is 3.21. The number of hydrogen-bond acceptors (Lipinski definition) is 4. The number of benzene rings is 1. The molecule has 3 rings (SSSR count). The van der Waals surface area contributed by atoms with Gasteiger partial charge in [0, 0.05) is 22.3 Å². The molecule has 1 heterocycles. The highest BCUT2D eigenvalue weighted by molar-refractivity contribution is 9.10. The lowest BCUT2D eigenvalue weighted by Gasteiger charge is -2.23. The second kappa shape index (κ2) is 7.09. The highest BCUT2D eigenvalue weighted by atomic mass is 79.9. The summed E-state index contributed by atoms with van der Waals surface area (Å²) >= 11 is 3.55. The van der Waals surface area contributed by atoms with Crippen molar-refractivity contribution in [2.45, 2.75) is 45.1 Å². The normalized spacial score (nSPS) is 15.5. The van der Waals surface area contributed by atoms with E-state index in [1.807, 2.05) is 37.3 Å². The summed E-state index contributed by atoms with van der Waals surface area (Å²) in [6, 6.07) is 10.5. The van der Waals surface area contributed by atoms with Crippen LogP contribution in [0.25, 0.3) is 0 Å². The number of nitrogens with one attached hydrogen (secondary N) is 2. The van der Waals surface area contributed by atoms with E-state index in [9.17, 15) is 0 Å². The molecule has 1 fully saturated rings. The molecular weight excluding hydrogens is 340 g/mol. The molecule has 1 aromatic heterocycles. The highest BCUT2D eigenvalue weighted by Crippen LogP contribution is 2.26. The quantitative estimate of drug-likeness (QED) is 0.801. The monoisotopic (exact) mass is 360 g/mol. The SMILES string of the molecule is Cc1cc(Nc2ccccc2Br)nc(NC2CCCCC2)n1. The van der Waals surface area contributed by atoms with Crippen LogP contribution >= 0.6 is 15.9 Å². The van der Waals surface area contributed by atoms with Crippen molar-refractivity contribution in [3.05, 3.63) is 40.5 Å². The summed E-state index contributed by atoms with van der Waals surface area (Å²) in [4.78, 5) is 9.13. The zero-order valence-electron chi connectivity index (χ0n) is 12.8. The number of halogens is 1. The molecule has 0 bridgehead atoms. The number of hydrogen-bond donors (Lipinski definition) is 2. The smallest absolute Gasteiger partial charge is 0.225 e. The van der Waals surface area contributed by atoms with Gasteiger partial charge < -0.3 is 10.6 Å². The van der Waals surface area contributed by atoms with Crippen LogP contribution in [0.3, 0.4) is 0 Å². The molecule has 22 heavy (non-hydrogen) atoms. The average Bonchev–Trinajstić information content (AvgIpc) is 2.50. The summed E-state index contributed by atoms with van der Waals surface area (Å²) in [5, 5.41) is 6.84. The van der Waals surface area contributed by atoms with Crippen molar-refractivity contribution in [2.24, 2.45) is 0 Å². The maximum Gasteiger partial charge on any atom is 0.225 e. The van der Waals surface area contributed by atoms with Crippen LogP contribution in [-0.4, -0.2) is 16.0 Å². The minimum absolute atomic E-state index is 0.506. The fraction of sp³-hybridized carbons (Fsp3) is 0.412. The molecule has 4 nitrogen and oxygen atoms in total. The predicted octanol–water partition coefficient (Wildman–Crippen LogP) is 5.04. The number of nitrogens with zero attached hydrogens (tertiary/aromatic N) is 2. The first-order valence-electron chi connectivity index (χ1n) is 7.84. The standard InChI is InChI=1S/C17H21BrN4/c1-12-11-16(21-15-10-6-5-9-14(15)18)22-17(19-12)20-13-7-3-2-4-8-13/h5-6,9-11,13H,2-4,7-8H2,1H3,(H2,19,20,21,22). The Morgan fingerprint density at radius 2 is 1.86 bits per heavy atom. The number of aryl methyl sites for hydroxylation is 1. The first kappa shape index (κ1) is 15.3. The Morgan fingerprint density at radius 1 is 1.09 bits per heavy atom. The Kier molecular flexibility index (Phi) is 4.93. The molecule has 1 aliphatic carbocycles. The third-order valence-corrected chi connectivity index (χ3v) is 4.62. The Labute approximate surface area is 139 Å². The lowest BCUT2D eigenvalue weighted by Crippen LogP contribution is -2.23. The number of anilines is 3. The van der Waals surface area contributed by atoms with E-state index in [2.05, 4.69) is 36.5 Å². The largest absolute Gasteiger partial charge is 0.351 e. The fourth-order valence-electron chi connectivity index (χ4n) is 2.83. The van der Waals surface area contributed by atoms with Crippen molar-refractivity contribution >= 4 is 33.4 Å². The maximum atomic E-state index is 4.61. The molecule has 0 aliphatic heterocycles. The van der Waals surface area contributed by atoms with E-state index >= 15 is 0 Å². The summed E-state index contributed by atoms with van der Waals surface area (Å²) in [5.74, 6) is 1.54. The molecule has 2 aromatic rings. The second-order valence-corrected chi connectivity index (χ2v) is 6.66. The van der Waals surface area contributed by atoms with Gasteiger partial charge in [0.05, 0.1) is 5.69 Å². The van der Waals surface area contributed by atoms with Crippen molar-refractivity contribution in [1.82, 2.24) is 9.97 Å². The molecule has 0 atom stereocenters. The van der Waals surface area contributed by atoms with Gasteiger partial charge in [-0.2, -0.15) is 4.98 Å². The molecule has 2 N–H and O–H groups in total. The zero-order valence-corrected chi connectivity index (χ0v) is 14.4. The number of para-hydroxylation sites is 1. The summed E-state index contributed by atoms with van der Waals surface area (Å²) in [6.07, 6.45) is 6.37. The summed E-state index contributed by atoms with van der Waals surface area (Å²) in [7, 11) is 0. The second-order valence-electron chi connectivity index (χ2n) is 5.80. The van der Waals surface area contributed by atoms with Gasteiger partial charge in [0.2, 0.25) is 5.95 Å². The van der Waals surface area contributed by atoms with Gasteiger partial charge in [-0.3, -0.25) is 0 Å². The van der Waals surface area contributed by atoms with Crippen LogP contribution in [0.2, 0.25) is 0 Å². The Balaban J connectivity index is 1.76. The van der Waals surface area contributed by atoms with Crippen LogP contribution in [-0.2, 0) is 0 Å². The molecule has 0 amide bonds. The molecule has 0 radical (unpaired) electrons. The van der Waals surface area contributed by atoms with Gasteiger partial charge in [0.25, 0.3) is 0 Å². The minimum atomic E-state index is 0.506. The topological polar surface area (TPSA) is 49.8 Å². The van der Waals surface area contributed by atoms with Crippen LogP contribution in [0.15, 0.2) is 34.8 Å². The highest BCUT2D eigenvalue weighted by Gasteiger charge is 2.14. The van der Waals surface area contributed by atoms with Gasteiger partial charge in [0.1, 0.15) is 5.82 Å². The molecule has 5 heteroatoms. The summed E-state index contributed by atoms with van der Waals surface area (Å²) in [5.41, 5.74) is 1.96. The van der Waals surface area contributed by atoms with Gasteiger partial charge in [-0.05, 0) is 47.8 Å². The van der Waals surface area contributed by atoms with Crippen LogP contribution in [0.5, 0.6) is 0 Å². The van der Waals surface area contributed by atoms with Crippen LogP contribution in [0, 0.1) is 6.92 Å². The maximum absolute atomic E-state index is 4.61. The van der Waals surface area contributed by atoms with Gasteiger partial charge in [0.15, 0.2) is 0 Å². The van der Waals surface area contributed by atoms with E-state index < -0.39 is 0 Å². The minimum Gasteiger partial charge on any atom is -0.351 e. The Morgan fingerprint density at radius 3 is 2.64 bits per heavy atom. The molecule has 0 unspecified atom stereocenters. The van der Waals surface area contributed by atoms with Crippen molar-refractivity contribution in [1.29, 1.82) is 0 Å². The van der Waals surface area contributed by atoms with E-state index in [1.54, 1.807) is 0 Å². The van der Waals surface area contributed by atoms with E-state index in [0.29, 0.717) is 6.04 Å². The molecule has 1 aromatic carbocycles. The molecule has 1 aliphatic rings. The van der Waals surface area contributed by atoms with E-state index in [4.69, 9.17) is 0 Å². The zero-order chi connectivity index (χ0) is 15.4. The molecule has 116 valence electrons. The van der Waals surface area contributed by atoms with Gasteiger partial charge >= 0.3 is 0 Å². The molecule has 0 saturated heterocycles.